The van der Waals surface area contributed by atoms with E-state index in [0.717, 1.165) is 11.1 Å². The topological polar surface area (TPSA) is 78.0 Å². The highest BCUT2D eigenvalue weighted by Crippen LogP contribution is 2.06. The predicted molar refractivity (Wildman–Crippen MR) is 64.5 cm³/mol. The summed E-state index contributed by atoms with van der Waals surface area (Å²) >= 11 is 0. The number of nitrogens with one attached hydrogen (secondary N) is 2. The van der Waals surface area contributed by atoms with Crippen LogP contribution in [0.25, 0.3) is 0 Å². The summed E-state index contributed by atoms with van der Waals surface area (Å²) in [6, 6.07) is 8.98. The first-order chi connectivity index (χ1) is 8.28. The average Bonchev–Trinajstić information content (AvgIpc) is 2.37. The van der Waals surface area contributed by atoms with E-state index in [1.54, 1.807) is 0 Å². The number of nitrogens with zero attached hydrogens (tertiary/aromatic N) is 1. The Hall–Kier alpha value is -2.14. The molecule has 2 rings (SSSR count). The fourth-order valence-corrected chi connectivity index (χ4v) is 1.42. The molecular weight excluding hydrogens is 218 g/mol. The van der Waals surface area contributed by atoms with E-state index in [9.17, 15) is 4.79 Å². The minimum atomic E-state index is -0.182. The molecule has 1 aromatic carbocycles. The van der Waals surface area contributed by atoms with Crippen LogP contribution in [-0.2, 0) is 13.2 Å². The third kappa shape index (κ3) is 3.15. The van der Waals surface area contributed by atoms with Crippen LogP contribution < -0.4 is 10.9 Å². The molecule has 0 unspecified atom stereocenters. The Balaban J connectivity index is 1.99. The molecule has 1 aromatic heterocycles. The van der Waals surface area contributed by atoms with Gasteiger partial charge in [0.25, 0.3) is 5.56 Å². The Morgan fingerprint density at radius 2 is 1.94 bits per heavy atom. The van der Waals surface area contributed by atoms with Crippen LogP contribution in [0, 0.1) is 0 Å². The molecule has 1 heterocycles. The Morgan fingerprint density at radius 3 is 2.59 bits per heavy atom. The molecule has 17 heavy (non-hydrogen) atoms. The first-order valence-corrected chi connectivity index (χ1v) is 5.25. The fraction of sp³-hybridized carbons (Fsp3) is 0.167. The summed E-state index contributed by atoms with van der Waals surface area (Å²) in [7, 11) is 0. The predicted octanol–water partition coefficient (Wildman–Crippen LogP) is 0.874. The van der Waals surface area contributed by atoms with E-state index in [2.05, 4.69) is 15.3 Å². The number of aromatic amines is 1. The lowest BCUT2D eigenvalue weighted by Crippen LogP contribution is -2.08. The molecule has 0 saturated carbocycles. The van der Waals surface area contributed by atoms with E-state index in [1.165, 1.54) is 12.4 Å². The van der Waals surface area contributed by atoms with Crippen LogP contribution >= 0.6 is 0 Å². The van der Waals surface area contributed by atoms with Crippen LogP contribution in [-0.4, -0.2) is 15.1 Å². The van der Waals surface area contributed by atoms with Crippen molar-refractivity contribution in [3.05, 3.63) is 58.1 Å². The summed E-state index contributed by atoms with van der Waals surface area (Å²) in [6.45, 7) is 0.630. The number of benzene rings is 1. The molecule has 0 saturated heterocycles. The van der Waals surface area contributed by atoms with Crippen LogP contribution in [0.1, 0.15) is 11.1 Å². The second kappa shape index (κ2) is 5.27. The number of aromatic nitrogens is 2. The van der Waals surface area contributed by atoms with Gasteiger partial charge in [-0.1, -0.05) is 24.3 Å². The lowest BCUT2D eigenvalue weighted by Gasteiger charge is -2.05. The van der Waals surface area contributed by atoms with E-state index >= 15 is 0 Å². The SMILES string of the molecule is O=c1cc(NCc2ccc(CO)cc2)nc[nH]1. The van der Waals surface area contributed by atoms with Crippen LogP contribution in [0.5, 0.6) is 0 Å². The summed E-state index contributed by atoms with van der Waals surface area (Å²) in [6.07, 6.45) is 1.36. The van der Waals surface area contributed by atoms with Crippen molar-refractivity contribution < 1.29 is 5.11 Å². The summed E-state index contributed by atoms with van der Waals surface area (Å²) in [5, 5.41) is 11.9. The van der Waals surface area contributed by atoms with Gasteiger partial charge in [-0.3, -0.25) is 4.79 Å². The van der Waals surface area contributed by atoms with Gasteiger partial charge in [0.1, 0.15) is 5.82 Å². The van der Waals surface area contributed by atoms with E-state index in [0.29, 0.717) is 12.4 Å². The Labute approximate surface area is 98.2 Å². The number of hydrogen-bond donors (Lipinski definition) is 3. The molecule has 0 radical (unpaired) electrons. The monoisotopic (exact) mass is 231 g/mol. The van der Waals surface area contributed by atoms with Gasteiger partial charge < -0.3 is 15.4 Å². The maximum atomic E-state index is 11.0. The van der Waals surface area contributed by atoms with Crippen molar-refractivity contribution in [1.29, 1.82) is 0 Å². The molecule has 0 spiro atoms. The van der Waals surface area contributed by atoms with Crippen LogP contribution in [0.2, 0.25) is 0 Å². The second-order valence-electron chi connectivity index (χ2n) is 3.62. The van der Waals surface area contributed by atoms with E-state index in [4.69, 9.17) is 5.11 Å². The molecule has 0 aliphatic rings. The maximum absolute atomic E-state index is 11.0. The molecule has 0 aliphatic carbocycles. The van der Waals surface area contributed by atoms with Gasteiger partial charge in [-0.25, -0.2) is 4.98 Å². The summed E-state index contributed by atoms with van der Waals surface area (Å²) < 4.78 is 0. The first kappa shape index (κ1) is 11.3. The highest BCUT2D eigenvalue weighted by molar-refractivity contribution is 5.34. The fourth-order valence-electron chi connectivity index (χ4n) is 1.42. The molecule has 0 bridgehead atoms. The molecule has 0 fully saturated rings. The van der Waals surface area contributed by atoms with Crippen LogP contribution in [0.15, 0.2) is 41.5 Å². The van der Waals surface area contributed by atoms with Crippen LogP contribution in [0.4, 0.5) is 5.82 Å². The number of aliphatic hydroxyl groups excluding tert-OH is 1. The molecule has 0 amide bonds. The molecule has 0 aliphatic heterocycles. The molecule has 0 atom stereocenters. The second-order valence-corrected chi connectivity index (χ2v) is 3.62. The van der Waals surface area contributed by atoms with Gasteiger partial charge in [-0.05, 0) is 11.1 Å². The summed E-state index contributed by atoms with van der Waals surface area (Å²) in [5.74, 6) is 0.542. The third-order valence-electron chi connectivity index (χ3n) is 2.36. The highest BCUT2D eigenvalue weighted by Gasteiger charge is 1.96. The van der Waals surface area contributed by atoms with Gasteiger partial charge in [0, 0.05) is 12.6 Å². The maximum Gasteiger partial charge on any atom is 0.252 e. The van der Waals surface area contributed by atoms with Crippen molar-refractivity contribution in [3.8, 4) is 0 Å². The first-order valence-electron chi connectivity index (χ1n) is 5.25. The molecular formula is C12H13N3O2. The van der Waals surface area contributed by atoms with Crippen molar-refractivity contribution in [3.63, 3.8) is 0 Å². The zero-order chi connectivity index (χ0) is 12.1. The van der Waals surface area contributed by atoms with Crippen molar-refractivity contribution in [1.82, 2.24) is 9.97 Å². The number of aliphatic hydroxyl groups is 1. The Bertz CT molecular complexity index is 534. The number of anilines is 1. The van der Waals surface area contributed by atoms with Gasteiger partial charge in [0.2, 0.25) is 0 Å². The highest BCUT2D eigenvalue weighted by atomic mass is 16.3. The largest absolute Gasteiger partial charge is 0.392 e. The molecule has 3 N–H and O–H groups in total. The zero-order valence-corrected chi connectivity index (χ0v) is 9.18. The van der Waals surface area contributed by atoms with Gasteiger partial charge in [0.15, 0.2) is 0 Å². The third-order valence-corrected chi connectivity index (χ3v) is 2.36. The van der Waals surface area contributed by atoms with E-state index in [1.807, 2.05) is 24.3 Å². The standard InChI is InChI=1S/C12H13N3O2/c16-7-10-3-1-9(2-4-10)6-13-11-5-12(17)15-8-14-11/h1-5,8,16H,6-7H2,(H2,13,14,15,17). The Morgan fingerprint density at radius 1 is 1.24 bits per heavy atom. The van der Waals surface area contributed by atoms with Crippen molar-refractivity contribution in [2.75, 3.05) is 5.32 Å². The minimum absolute atomic E-state index is 0.0450. The average molecular weight is 231 g/mol. The van der Waals surface area contributed by atoms with E-state index in [-0.39, 0.29) is 12.2 Å². The lowest BCUT2D eigenvalue weighted by atomic mass is 10.1. The molecule has 88 valence electrons. The van der Waals surface area contributed by atoms with Crippen molar-refractivity contribution >= 4 is 5.82 Å². The zero-order valence-electron chi connectivity index (χ0n) is 9.18. The molecule has 5 nitrogen and oxygen atoms in total. The van der Waals surface area contributed by atoms with Crippen molar-refractivity contribution in [2.24, 2.45) is 0 Å². The minimum Gasteiger partial charge on any atom is -0.392 e. The summed E-state index contributed by atoms with van der Waals surface area (Å²) in [4.78, 5) is 17.5. The number of hydrogen-bond acceptors (Lipinski definition) is 4. The lowest BCUT2D eigenvalue weighted by molar-refractivity contribution is 0.282. The number of H-pyrrole nitrogens is 1. The van der Waals surface area contributed by atoms with Crippen LogP contribution in [0.3, 0.4) is 0 Å². The smallest absolute Gasteiger partial charge is 0.252 e. The molecule has 2 aromatic rings. The normalized spacial score (nSPS) is 10.2. The van der Waals surface area contributed by atoms with Crippen molar-refractivity contribution in [2.45, 2.75) is 13.2 Å². The molecule has 5 heteroatoms. The Kier molecular flexibility index (Phi) is 3.52. The summed E-state index contributed by atoms with van der Waals surface area (Å²) in [5.41, 5.74) is 1.76. The van der Waals surface area contributed by atoms with Gasteiger partial charge >= 0.3 is 0 Å². The quantitative estimate of drug-likeness (QED) is 0.729. The van der Waals surface area contributed by atoms with E-state index < -0.39 is 0 Å². The van der Waals surface area contributed by atoms with Gasteiger partial charge in [0.05, 0.1) is 12.9 Å². The van der Waals surface area contributed by atoms with Gasteiger partial charge in [-0.15, -0.1) is 0 Å². The number of rotatable bonds is 4. The van der Waals surface area contributed by atoms with Gasteiger partial charge in [-0.2, -0.15) is 0 Å².